The predicted octanol–water partition coefficient (Wildman–Crippen LogP) is 3.25. The Labute approximate surface area is 216 Å². The van der Waals surface area contributed by atoms with E-state index in [1.165, 1.54) is 13.5 Å². The van der Waals surface area contributed by atoms with E-state index in [9.17, 15) is 9.59 Å². The standard InChI is InChI=1S/C25H33ClN6O4/c1-27-23(34)17-36-20(16-33)14-18-13-19(7-8-22(18)31(2)11-12-35-3)29-24-21(26)15-28-25(30-24)32-9-5-4-6-10-32/h7-8,13-16H,4-6,9-12,17H2,1-3H3,(H,27,34)(H,28,29,30)/b20-14+. The summed E-state index contributed by atoms with van der Waals surface area (Å²) in [6, 6.07) is 5.69. The summed E-state index contributed by atoms with van der Waals surface area (Å²) in [5.41, 5.74) is 2.27. The Morgan fingerprint density at radius 3 is 2.75 bits per heavy atom. The molecule has 3 rings (SSSR count). The van der Waals surface area contributed by atoms with E-state index in [1.54, 1.807) is 19.4 Å². The summed E-state index contributed by atoms with van der Waals surface area (Å²) in [7, 11) is 5.07. The predicted molar refractivity (Wildman–Crippen MR) is 142 cm³/mol. The second-order valence-electron chi connectivity index (χ2n) is 8.35. The number of nitrogens with zero attached hydrogens (tertiary/aromatic N) is 4. The maximum absolute atomic E-state index is 11.7. The number of hydrogen-bond acceptors (Lipinski definition) is 9. The zero-order chi connectivity index (χ0) is 25.9. The lowest BCUT2D eigenvalue weighted by atomic mass is 10.1. The lowest BCUT2D eigenvalue weighted by Crippen LogP contribution is -2.31. The number of allylic oxidation sites excluding steroid dienone is 1. The lowest BCUT2D eigenvalue weighted by molar-refractivity contribution is -0.124. The molecular weight excluding hydrogens is 484 g/mol. The smallest absolute Gasteiger partial charge is 0.257 e. The van der Waals surface area contributed by atoms with E-state index >= 15 is 0 Å². The van der Waals surface area contributed by atoms with Gasteiger partial charge in [-0.2, -0.15) is 4.98 Å². The summed E-state index contributed by atoms with van der Waals surface area (Å²) in [6.07, 6.45) is 7.22. The third-order valence-corrected chi connectivity index (χ3v) is 6.04. The van der Waals surface area contributed by atoms with Gasteiger partial charge in [0, 0.05) is 57.8 Å². The molecule has 0 saturated carbocycles. The molecule has 2 heterocycles. The molecular formula is C25H33ClN6O4. The summed E-state index contributed by atoms with van der Waals surface area (Å²) in [5, 5.41) is 6.14. The number of aldehydes is 1. The van der Waals surface area contributed by atoms with Crippen molar-refractivity contribution in [2.75, 3.05) is 69.2 Å². The van der Waals surface area contributed by atoms with Crippen LogP contribution in [0.5, 0.6) is 0 Å². The van der Waals surface area contributed by atoms with E-state index in [0.717, 1.165) is 31.6 Å². The maximum Gasteiger partial charge on any atom is 0.257 e. The topological polar surface area (TPSA) is 109 Å². The van der Waals surface area contributed by atoms with Crippen LogP contribution in [0, 0.1) is 0 Å². The molecule has 10 nitrogen and oxygen atoms in total. The van der Waals surface area contributed by atoms with Crippen molar-refractivity contribution in [2.24, 2.45) is 0 Å². The highest BCUT2D eigenvalue weighted by Gasteiger charge is 2.16. The third kappa shape index (κ3) is 7.56. The van der Waals surface area contributed by atoms with Gasteiger partial charge in [0.25, 0.3) is 5.91 Å². The second kappa shape index (κ2) is 13.6. The normalized spacial score (nSPS) is 13.8. The van der Waals surface area contributed by atoms with Crippen LogP contribution in [-0.2, 0) is 19.1 Å². The Morgan fingerprint density at radius 2 is 2.06 bits per heavy atom. The van der Waals surface area contributed by atoms with Gasteiger partial charge in [0.1, 0.15) is 5.02 Å². The molecule has 194 valence electrons. The molecule has 0 bridgehead atoms. The minimum absolute atomic E-state index is 0.0320. The van der Waals surface area contributed by atoms with Crippen LogP contribution < -0.4 is 20.4 Å². The molecule has 1 fully saturated rings. The Kier molecular flexibility index (Phi) is 10.3. The zero-order valence-corrected chi connectivity index (χ0v) is 21.7. The number of likely N-dealkylation sites (N-methyl/N-ethyl adjacent to an activating group) is 2. The first-order chi connectivity index (χ1) is 17.4. The molecule has 0 atom stereocenters. The van der Waals surface area contributed by atoms with Crippen LogP contribution >= 0.6 is 11.6 Å². The van der Waals surface area contributed by atoms with Gasteiger partial charge < -0.3 is 29.9 Å². The van der Waals surface area contributed by atoms with Crippen LogP contribution in [0.3, 0.4) is 0 Å². The van der Waals surface area contributed by atoms with Crippen LogP contribution in [0.2, 0.25) is 5.02 Å². The van der Waals surface area contributed by atoms with Crippen LogP contribution in [-0.4, -0.2) is 76.2 Å². The quantitative estimate of drug-likeness (QED) is 0.249. The second-order valence-corrected chi connectivity index (χ2v) is 8.76. The van der Waals surface area contributed by atoms with Gasteiger partial charge in [-0.3, -0.25) is 9.59 Å². The zero-order valence-electron chi connectivity index (χ0n) is 20.9. The van der Waals surface area contributed by atoms with E-state index in [1.807, 2.05) is 30.1 Å². The number of halogens is 1. The number of methoxy groups -OCH3 is 1. The Hall–Kier alpha value is -3.37. The van der Waals surface area contributed by atoms with E-state index in [0.29, 0.717) is 47.5 Å². The third-order valence-electron chi connectivity index (χ3n) is 5.77. The Bertz CT molecular complexity index is 1070. The van der Waals surface area contributed by atoms with Gasteiger partial charge in [0.05, 0.1) is 12.8 Å². The number of aromatic nitrogens is 2. The summed E-state index contributed by atoms with van der Waals surface area (Å²) >= 11 is 6.41. The fourth-order valence-electron chi connectivity index (χ4n) is 3.76. The molecule has 1 amide bonds. The first kappa shape index (κ1) is 27.2. The molecule has 1 aromatic carbocycles. The highest BCUT2D eigenvalue weighted by atomic mass is 35.5. The van der Waals surface area contributed by atoms with Crippen LogP contribution in [0.15, 0.2) is 30.2 Å². The molecule has 1 aliphatic heterocycles. The molecule has 0 unspecified atom stereocenters. The van der Waals surface area contributed by atoms with Crippen LogP contribution in [0.4, 0.5) is 23.1 Å². The van der Waals surface area contributed by atoms with Gasteiger partial charge in [0.2, 0.25) is 5.95 Å². The first-order valence-electron chi connectivity index (χ1n) is 11.8. The van der Waals surface area contributed by atoms with Crippen molar-refractivity contribution in [2.45, 2.75) is 19.3 Å². The van der Waals surface area contributed by atoms with Gasteiger partial charge in [0.15, 0.2) is 24.5 Å². The highest BCUT2D eigenvalue weighted by molar-refractivity contribution is 6.32. The highest BCUT2D eigenvalue weighted by Crippen LogP contribution is 2.30. The minimum atomic E-state index is -0.335. The monoisotopic (exact) mass is 516 g/mol. The number of amides is 1. The van der Waals surface area contributed by atoms with Crippen molar-refractivity contribution >= 4 is 53.0 Å². The fourth-order valence-corrected chi connectivity index (χ4v) is 3.89. The summed E-state index contributed by atoms with van der Waals surface area (Å²) < 4.78 is 10.6. The maximum atomic E-state index is 11.7. The number of ether oxygens (including phenoxy) is 2. The van der Waals surface area contributed by atoms with Crippen molar-refractivity contribution in [1.29, 1.82) is 0 Å². The van der Waals surface area contributed by atoms with Crippen molar-refractivity contribution in [3.63, 3.8) is 0 Å². The Morgan fingerprint density at radius 1 is 1.28 bits per heavy atom. The van der Waals surface area contributed by atoms with E-state index in [2.05, 4.69) is 25.5 Å². The molecule has 1 saturated heterocycles. The Balaban J connectivity index is 1.91. The molecule has 1 aliphatic rings. The summed E-state index contributed by atoms with van der Waals surface area (Å²) in [6.45, 7) is 2.75. The number of carbonyl (C=O) groups is 2. The molecule has 2 N–H and O–H groups in total. The SMILES string of the molecule is CNC(=O)CO/C(C=O)=C/c1cc(Nc2nc(N3CCCCC3)ncc2Cl)ccc1N(C)CCOC. The summed E-state index contributed by atoms with van der Waals surface area (Å²) in [5.74, 6) is 0.834. The van der Waals surface area contributed by atoms with Crippen LogP contribution in [0.25, 0.3) is 6.08 Å². The molecule has 11 heteroatoms. The average Bonchev–Trinajstić information content (AvgIpc) is 2.91. The number of rotatable bonds is 12. The van der Waals surface area contributed by atoms with Crippen molar-refractivity contribution in [3.8, 4) is 0 Å². The number of nitrogens with one attached hydrogen (secondary N) is 2. The number of piperidine rings is 1. The van der Waals surface area contributed by atoms with Crippen molar-refractivity contribution < 1.29 is 19.1 Å². The molecule has 0 radical (unpaired) electrons. The molecule has 1 aromatic heterocycles. The fraction of sp³-hybridized carbons (Fsp3) is 0.440. The number of anilines is 4. The molecule has 2 aromatic rings. The summed E-state index contributed by atoms with van der Waals surface area (Å²) in [4.78, 5) is 36.5. The van der Waals surface area contributed by atoms with Crippen molar-refractivity contribution in [3.05, 3.63) is 40.7 Å². The number of benzene rings is 1. The van der Waals surface area contributed by atoms with Gasteiger partial charge >= 0.3 is 0 Å². The van der Waals surface area contributed by atoms with Crippen molar-refractivity contribution in [1.82, 2.24) is 15.3 Å². The largest absolute Gasteiger partial charge is 0.480 e. The lowest BCUT2D eigenvalue weighted by Gasteiger charge is -2.27. The average molecular weight is 517 g/mol. The minimum Gasteiger partial charge on any atom is -0.480 e. The van der Waals surface area contributed by atoms with Gasteiger partial charge in [-0.05, 0) is 43.5 Å². The molecule has 36 heavy (non-hydrogen) atoms. The van der Waals surface area contributed by atoms with Gasteiger partial charge in [-0.15, -0.1) is 0 Å². The van der Waals surface area contributed by atoms with Gasteiger partial charge in [-0.1, -0.05) is 11.6 Å². The molecule has 0 aliphatic carbocycles. The van der Waals surface area contributed by atoms with E-state index in [-0.39, 0.29) is 18.3 Å². The number of carbonyl (C=O) groups excluding carboxylic acids is 2. The first-order valence-corrected chi connectivity index (χ1v) is 12.2. The van der Waals surface area contributed by atoms with Crippen LogP contribution in [0.1, 0.15) is 24.8 Å². The van der Waals surface area contributed by atoms with E-state index < -0.39 is 0 Å². The van der Waals surface area contributed by atoms with Gasteiger partial charge in [-0.25, -0.2) is 4.98 Å². The molecule has 0 spiro atoms. The van der Waals surface area contributed by atoms with E-state index in [4.69, 9.17) is 21.1 Å². The number of hydrogen-bond donors (Lipinski definition) is 2.